The van der Waals surface area contributed by atoms with E-state index in [1.807, 2.05) is 6.92 Å². The van der Waals surface area contributed by atoms with Crippen LogP contribution in [0.5, 0.6) is 0 Å². The minimum Gasteiger partial charge on any atom is -0.457 e. The second kappa shape index (κ2) is 5.04. The molecule has 0 unspecified atom stereocenters. The lowest BCUT2D eigenvalue weighted by Crippen LogP contribution is -2.21. The van der Waals surface area contributed by atoms with Crippen LogP contribution in [0.1, 0.15) is 48.2 Å². The van der Waals surface area contributed by atoms with Crippen LogP contribution in [-0.4, -0.2) is 12.1 Å². The van der Waals surface area contributed by atoms with E-state index in [-0.39, 0.29) is 12.1 Å². The van der Waals surface area contributed by atoms with Crippen LogP contribution in [0.4, 0.5) is 0 Å². The zero-order chi connectivity index (χ0) is 11.5. The SMILES string of the molecule is Cc1cc(Br)oc1C(=O)OC1CCCCC1. The van der Waals surface area contributed by atoms with Crippen LogP contribution in [0.3, 0.4) is 0 Å². The molecule has 0 saturated heterocycles. The number of ether oxygens (including phenoxy) is 1. The molecule has 1 saturated carbocycles. The smallest absolute Gasteiger partial charge is 0.374 e. The molecule has 0 bridgehead atoms. The predicted molar refractivity (Wildman–Crippen MR) is 63.4 cm³/mol. The van der Waals surface area contributed by atoms with Crippen molar-refractivity contribution < 1.29 is 13.9 Å². The number of esters is 1. The van der Waals surface area contributed by atoms with Crippen molar-refractivity contribution in [3.63, 3.8) is 0 Å². The molecule has 16 heavy (non-hydrogen) atoms. The van der Waals surface area contributed by atoms with Crippen molar-refractivity contribution in [1.29, 1.82) is 0 Å². The van der Waals surface area contributed by atoms with Crippen LogP contribution in [0.25, 0.3) is 0 Å². The van der Waals surface area contributed by atoms with Crippen molar-refractivity contribution in [3.05, 3.63) is 22.1 Å². The molecule has 0 spiro atoms. The number of aryl methyl sites for hydroxylation is 1. The van der Waals surface area contributed by atoms with Crippen LogP contribution in [-0.2, 0) is 4.74 Å². The van der Waals surface area contributed by atoms with Gasteiger partial charge in [-0.2, -0.15) is 0 Å². The van der Waals surface area contributed by atoms with Crippen molar-refractivity contribution >= 4 is 21.9 Å². The molecule has 0 radical (unpaired) electrons. The van der Waals surface area contributed by atoms with Gasteiger partial charge in [-0.05, 0) is 54.6 Å². The van der Waals surface area contributed by atoms with Gasteiger partial charge in [-0.25, -0.2) is 4.79 Å². The van der Waals surface area contributed by atoms with E-state index in [0.29, 0.717) is 10.4 Å². The summed E-state index contributed by atoms with van der Waals surface area (Å²) < 4.78 is 11.2. The lowest BCUT2D eigenvalue weighted by atomic mass is 9.98. The Hall–Kier alpha value is -0.770. The quantitative estimate of drug-likeness (QED) is 0.776. The van der Waals surface area contributed by atoms with Gasteiger partial charge in [0.1, 0.15) is 6.10 Å². The van der Waals surface area contributed by atoms with Gasteiger partial charge in [-0.15, -0.1) is 0 Å². The van der Waals surface area contributed by atoms with E-state index in [4.69, 9.17) is 9.15 Å². The molecule has 1 fully saturated rings. The molecule has 1 aliphatic carbocycles. The molecule has 2 rings (SSSR count). The summed E-state index contributed by atoms with van der Waals surface area (Å²) in [4.78, 5) is 11.8. The molecular formula is C12H15BrO3. The molecule has 0 amide bonds. The maximum Gasteiger partial charge on any atom is 0.374 e. The van der Waals surface area contributed by atoms with Crippen LogP contribution in [0, 0.1) is 6.92 Å². The molecule has 0 atom stereocenters. The van der Waals surface area contributed by atoms with Gasteiger partial charge < -0.3 is 9.15 Å². The zero-order valence-electron chi connectivity index (χ0n) is 9.29. The molecule has 1 aromatic heterocycles. The average Bonchev–Trinajstić information content (AvgIpc) is 2.59. The van der Waals surface area contributed by atoms with Crippen LogP contribution < -0.4 is 0 Å². The van der Waals surface area contributed by atoms with Crippen molar-refractivity contribution in [2.24, 2.45) is 0 Å². The minimum absolute atomic E-state index is 0.0736. The van der Waals surface area contributed by atoms with Gasteiger partial charge in [0.25, 0.3) is 0 Å². The molecule has 1 heterocycles. The molecule has 3 nitrogen and oxygen atoms in total. The Morgan fingerprint density at radius 3 is 2.69 bits per heavy atom. The second-order valence-electron chi connectivity index (χ2n) is 4.23. The van der Waals surface area contributed by atoms with Crippen LogP contribution in [0.15, 0.2) is 15.2 Å². The third-order valence-electron chi connectivity index (χ3n) is 2.90. The Morgan fingerprint density at radius 2 is 2.12 bits per heavy atom. The van der Waals surface area contributed by atoms with Gasteiger partial charge in [0.05, 0.1) is 0 Å². The summed E-state index contributed by atoms with van der Waals surface area (Å²) >= 11 is 3.20. The monoisotopic (exact) mass is 286 g/mol. The third-order valence-corrected chi connectivity index (χ3v) is 3.29. The Morgan fingerprint density at radius 1 is 1.44 bits per heavy atom. The van der Waals surface area contributed by atoms with E-state index >= 15 is 0 Å². The molecule has 0 aliphatic heterocycles. The average molecular weight is 287 g/mol. The predicted octanol–water partition coefficient (Wildman–Crippen LogP) is 3.84. The lowest BCUT2D eigenvalue weighted by molar-refractivity contribution is 0.0174. The standard InChI is InChI=1S/C12H15BrO3/c1-8-7-10(13)16-11(8)12(14)15-9-5-3-2-4-6-9/h7,9H,2-6H2,1H3. The first-order chi connectivity index (χ1) is 7.66. The van der Waals surface area contributed by atoms with E-state index < -0.39 is 0 Å². The third kappa shape index (κ3) is 2.67. The summed E-state index contributed by atoms with van der Waals surface area (Å²) in [7, 11) is 0. The van der Waals surface area contributed by atoms with Crippen molar-refractivity contribution in [3.8, 4) is 0 Å². The number of furan rings is 1. The first-order valence-electron chi connectivity index (χ1n) is 5.64. The van der Waals surface area contributed by atoms with Gasteiger partial charge in [0, 0.05) is 5.56 Å². The van der Waals surface area contributed by atoms with Crippen molar-refractivity contribution in [2.75, 3.05) is 0 Å². The number of carbonyl (C=O) groups is 1. The molecule has 4 heteroatoms. The number of halogens is 1. The number of hydrogen-bond donors (Lipinski definition) is 0. The highest BCUT2D eigenvalue weighted by Crippen LogP contribution is 2.24. The van der Waals surface area contributed by atoms with Gasteiger partial charge in [0.15, 0.2) is 4.67 Å². The van der Waals surface area contributed by atoms with E-state index in [2.05, 4.69) is 15.9 Å². The van der Waals surface area contributed by atoms with Crippen LogP contribution >= 0.6 is 15.9 Å². The summed E-state index contributed by atoms with van der Waals surface area (Å²) in [6.45, 7) is 1.84. The molecule has 1 aliphatic rings. The Bertz CT molecular complexity index is 378. The highest BCUT2D eigenvalue weighted by molar-refractivity contribution is 9.10. The maximum absolute atomic E-state index is 11.8. The van der Waals surface area contributed by atoms with E-state index in [9.17, 15) is 4.79 Å². The summed E-state index contributed by atoms with van der Waals surface area (Å²) in [6, 6.07) is 1.78. The van der Waals surface area contributed by atoms with E-state index in [0.717, 1.165) is 31.2 Å². The summed E-state index contributed by atoms with van der Waals surface area (Å²) in [6.07, 6.45) is 5.58. The number of rotatable bonds is 2. The fourth-order valence-corrected chi connectivity index (χ4v) is 2.54. The Kier molecular flexibility index (Phi) is 3.69. The Balaban J connectivity index is 1.99. The largest absolute Gasteiger partial charge is 0.457 e. The van der Waals surface area contributed by atoms with Gasteiger partial charge in [-0.1, -0.05) is 6.42 Å². The first-order valence-corrected chi connectivity index (χ1v) is 6.43. The van der Waals surface area contributed by atoms with Crippen LogP contribution in [0.2, 0.25) is 0 Å². The molecule has 1 aromatic rings. The molecule has 88 valence electrons. The van der Waals surface area contributed by atoms with Gasteiger partial charge in [-0.3, -0.25) is 0 Å². The lowest BCUT2D eigenvalue weighted by Gasteiger charge is -2.21. The first kappa shape index (κ1) is 11.7. The molecular weight excluding hydrogens is 272 g/mol. The summed E-state index contributed by atoms with van der Waals surface area (Å²) in [5, 5.41) is 0. The number of hydrogen-bond acceptors (Lipinski definition) is 3. The fraction of sp³-hybridized carbons (Fsp3) is 0.583. The molecule has 0 N–H and O–H groups in total. The highest BCUT2D eigenvalue weighted by Gasteiger charge is 2.22. The number of carbonyl (C=O) groups excluding carboxylic acids is 1. The topological polar surface area (TPSA) is 39.4 Å². The minimum atomic E-state index is -0.338. The second-order valence-corrected chi connectivity index (χ2v) is 5.01. The van der Waals surface area contributed by atoms with Crippen molar-refractivity contribution in [1.82, 2.24) is 0 Å². The zero-order valence-corrected chi connectivity index (χ0v) is 10.9. The molecule has 0 aromatic carbocycles. The Labute approximate surface area is 103 Å². The van der Waals surface area contributed by atoms with Gasteiger partial charge in [0.2, 0.25) is 5.76 Å². The normalized spacial score (nSPS) is 17.4. The summed E-state index contributed by atoms with van der Waals surface area (Å²) in [5.74, 6) is -0.0208. The van der Waals surface area contributed by atoms with E-state index in [1.54, 1.807) is 6.07 Å². The maximum atomic E-state index is 11.8. The fourth-order valence-electron chi connectivity index (χ4n) is 2.03. The van der Waals surface area contributed by atoms with Gasteiger partial charge >= 0.3 is 5.97 Å². The van der Waals surface area contributed by atoms with Crippen molar-refractivity contribution in [2.45, 2.75) is 45.1 Å². The summed E-state index contributed by atoms with van der Waals surface area (Å²) in [5.41, 5.74) is 0.813. The van der Waals surface area contributed by atoms with E-state index in [1.165, 1.54) is 6.42 Å². The highest BCUT2D eigenvalue weighted by atomic mass is 79.9.